The van der Waals surface area contributed by atoms with Gasteiger partial charge in [-0.3, -0.25) is 10.1 Å². The quantitative estimate of drug-likeness (QED) is 0.497. The summed E-state index contributed by atoms with van der Waals surface area (Å²) in [5.74, 6) is -0.649. The van der Waals surface area contributed by atoms with Gasteiger partial charge in [0, 0.05) is 17.4 Å². The Kier molecular flexibility index (Phi) is 4.85. The van der Waals surface area contributed by atoms with Crippen LogP contribution < -0.4 is 9.84 Å². The number of halogens is 1. The normalized spacial score (nSPS) is 11.4. The van der Waals surface area contributed by atoms with Crippen LogP contribution in [-0.2, 0) is 0 Å². The predicted octanol–water partition coefficient (Wildman–Crippen LogP) is 3.46. The smallest absolute Gasteiger partial charge is 0.266 e. The van der Waals surface area contributed by atoms with Crippen LogP contribution in [0.3, 0.4) is 0 Å². The maximum absolute atomic E-state index is 11.8. The molecule has 0 aliphatic heterocycles. The highest BCUT2D eigenvalue weighted by Gasteiger charge is 2.15. The first kappa shape index (κ1) is 17.4. The van der Waals surface area contributed by atoms with Crippen molar-refractivity contribution in [3.05, 3.63) is 64.0 Å². The molecule has 0 N–H and O–H groups in total. The molecule has 0 aliphatic rings. The third-order valence-electron chi connectivity index (χ3n) is 3.42. The van der Waals surface area contributed by atoms with Crippen molar-refractivity contribution in [2.45, 2.75) is 0 Å². The zero-order valence-electron chi connectivity index (χ0n) is 13.4. The number of ether oxygens (including phenoxy) is 1. The molecule has 0 saturated carbocycles. The lowest BCUT2D eigenvalue weighted by atomic mass is 10.1. The molecule has 1 heterocycles. The van der Waals surface area contributed by atoms with Gasteiger partial charge in [-0.2, -0.15) is 0 Å². The maximum atomic E-state index is 11.8. The Morgan fingerprint density at radius 2 is 2.00 bits per heavy atom. The van der Waals surface area contributed by atoms with Crippen LogP contribution in [0, 0.1) is 10.1 Å². The van der Waals surface area contributed by atoms with Crippen molar-refractivity contribution in [1.29, 1.82) is 0 Å². The number of nitro benzene ring substituents is 1. The summed E-state index contributed by atoms with van der Waals surface area (Å²) in [6.07, 6.45) is 1.37. The van der Waals surface area contributed by atoms with Gasteiger partial charge in [0.25, 0.3) is 11.6 Å². The molecule has 8 nitrogen and oxygen atoms in total. The first-order valence-corrected chi connectivity index (χ1v) is 7.67. The van der Waals surface area contributed by atoms with Crippen LogP contribution in [0.4, 0.5) is 5.69 Å². The number of methoxy groups -OCH3 is 1. The van der Waals surface area contributed by atoms with E-state index in [0.717, 1.165) is 11.6 Å². The predicted molar refractivity (Wildman–Crippen MR) is 92.6 cm³/mol. The summed E-state index contributed by atoms with van der Waals surface area (Å²) in [7, 11) is 1.25. The van der Waals surface area contributed by atoms with Crippen LogP contribution in [0.5, 0.6) is 11.5 Å². The monoisotopic (exact) mass is 372 g/mol. The van der Waals surface area contributed by atoms with Gasteiger partial charge < -0.3 is 14.3 Å². The lowest BCUT2D eigenvalue weighted by Gasteiger charge is -2.13. The van der Waals surface area contributed by atoms with Gasteiger partial charge in [0.1, 0.15) is 10.8 Å². The van der Waals surface area contributed by atoms with Gasteiger partial charge in [-0.25, -0.2) is 0 Å². The molecule has 0 radical (unpaired) electrons. The van der Waals surface area contributed by atoms with Gasteiger partial charge in [-0.1, -0.05) is 29.8 Å². The molecule has 3 rings (SSSR count). The van der Waals surface area contributed by atoms with Gasteiger partial charge in [-0.15, -0.1) is 10.2 Å². The molecular weight excluding hydrogens is 362 g/mol. The van der Waals surface area contributed by atoms with Crippen molar-refractivity contribution in [1.82, 2.24) is 10.2 Å². The molecule has 0 aliphatic carbocycles. The standard InChI is InChI=1S/C17H12ClN3O5/c1-25-14-9-10(8-13(15(14)22)21(23)24)7-12(18)17-20-19-16(26-17)11-5-3-2-4-6-11/h2-9,22H,1H3/p-1/b12-7-. The second-order valence-electron chi connectivity index (χ2n) is 5.10. The number of rotatable bonds is 5. The van der Waals surface area contributed by atoms with E-state index in [4.69, 9.17) is 20.8 Å². The summed E-state index contributed by atoms with van der Waals surface area (Å²) < 4.78 is 10.4. The van der Waals surface area contributed by atoms with E-state index in [0.29, 0.717) is 0 Å². The Morgan fingerprint density at radius 1 is 1.27 bits per heavy atom. The van der Waals surface area contributed by atoms with Gasteiger partial charge in [0.15, 0.2) is 0 Å². The molecule has 0 saturated heterocycles. The Bertz CT molecular complexity index is 985. The molecule has 9 heteroatoms. The summed E-state index contributed by atoms with van der Waals surface area (Å²) in [4.78, 5) is 10.2. The average Bonchev–Trinajstić information content (AvgIpc) is 3.14. The van der Waals surface area contributed by atoms with Crippen molar-refractivity contribution in [2.75, 3.05) is 7.11 Å². The molecule has 0 spiro atoms. The summed E-state index contributed by atoms with van der Waals surface area (Å²) in [6, 6.07) is 11.5. The van der Waals surface area contributed by atoms with E-state index in [2.05, 4.69) is 10.2 Å². The molecule has 26 heavy (non-hydrogen) atoms. The van der Waals surface area contributed by atoms with Crippen molar-refractivity contribution in [3.8, 4) is 23.0 Å². The van der Waals surface area contributed by atoms with Gasteiger partial charge in [0.05, 0.1) is 12.0 Å². The number of hydrogen-bond donors (Lipinski definition) is 0. The SMILES string of the molecule is COc1cc(/C=C(\Cl)c2nnc(-c3ccccc3)o2)cc([N+](=O)[O-])c1[O-]. The zero-order valence-corrected chi connectivity index (χ0v) is 14.1. The fourth-order valence-corrected chi connectivity index (χ4v) is 2.41. The van der Waals surface area contributed by atoms with Crippen molar-refractivity contribution in [2.24, 2.45) is 0 Å². The van der Waals surface area contributed by atoms with Crippen LogP contribution >= 0.6 is 11.6 Å². The molecule has 0 bridgehead atoms. The summed E-state index contributed by atoms with van der Waals surface area (Å²) in [5.41, 5.74) is 0.400. The maximum Gasteiger partial charge on any atom is 0.266 e. The lowest BCUT2D eigenvalue weighted by molar-refractivity contribution is -0.398. The minimum absolute atomic E-state index is 0.0401. The zero-order chi connectivity index (χ0) is 18.7. The molecule has 0 atom stereocenters. The van der Waals surface area contributed by atoms with E-state index in [9.17, 15) is 15.2 Å². The molecule has 2 aromatic carbocycles. The van der Waals surface area contributed by atoms with E-state index >= 15 is 0 Å². The van der Waals surface area contributed by atoms with Crippen LogP contribution in [0.15, 0.2) is 46.9 Å². The Labute approximate surface area is 152 Å². The molecule has 0 fully saturated rings. The highest BCUT2D eigenvalue weighted by molar-refractivity contribution is 6.50. The Morgan fingerprint density at radius 3 is 2.65 bits per heavy atom. The molecule has 0 amide bonds. The largest absolute Gasteiger partial charge is 0.865 e. The highest BCUT2D eigenvalue weighted by Crippen LogP contribution is 2.36. The number of aromatic nitrogens is 2. The summed E-state index contributed by atoms with van der Waals surface area (Å²) in [5, 5.41) is 30.7. The first-order chi connectivity index (χ1) is 12.5. The van der Waals surface area contributed by atoms with Gasteiger partial charge in [0.2, 0.25) is 5.89 Å². The minimum Gasteiger partial charge on any atom is -0.865 e. The topological polar surface area (TPSA) is 114 Å². The van der Waals surface area contributed by atoms with Gasteiger partial charge in [-0.05, 0) is 29.8 Å². The van der Waals surface area contributed by atoms with E-state index in [1.54, 1.807) is 12.1 Å². The first-order valence-electron chi connectivity index (χ1n) is 7.29. The fourth-order valence-electron chi connectivity index (χ4n) is 2.20. The van der Waals surface area contributed by atoms with Gasteiger partial charge >= 0.3 is 0 Å². The van der Waals surface area contributed by atoms with E-state index in [1.165, 1.54) is 19.3 Å². The minimum atomic E-state index is -0.810. The van der Waals surface area contributed by atoms with Crippen molar-refractivity contribution < 1.29 is 19.2 Å². The number of nitrogens with zero attached hydrogens (tertiary/aromatic N) is 3. The highest BCUT2D eigenvalue weighted by atomic mass is 35.5. The third kappa shape index (κ3) is 3.50. The molecular formula is C17H11ClN3O5-. The van der Waals surface area contributed by atoms with Crippen LogP contribution in [0.25, 0.3) is 22.6 Å². The van der Waals surface area contributed by atoms with Crippen molar-refractivity contribution in [3.63, 3.8) is 0 Å². The Hall–Kier alpha value is -3.39. The Balaban J connectivity index is 1.97. The number of nitro groups is 1. The lowest BCUT2D eigenvalue weighted by Crippen LogP contribution is -2.01. The van der Waals surface area contributed by atoms with E-state index in [-0.39, 0.29) is 28.1 Å². The molecule has 0 unspecified atom stereocenters. The second-order valence-corrected chi connectivity index (χ2v) is 5.51. The molecule has 3 aromatic rings. The van der Waals surface area contributed by atoms with E-state index < -0.39 is 16.4 Å². The summed E-state index contributed by atoms with van der Waals surface area (Å²) >= 11 is 6.18. The number of hydrogen-bond acceptors (Lipinski definition) is 7. The number of benzene rings is 2. The second kappa shape index (κ2) is 7.24. The molecule has 1 aromatic heterocycles. The van der Waals surface area contributed by atoms with Crippen molar-refractivity contribution >= 4 is 28.4 Å². The summed E-state index contributed by atoms with van der Waals surface area (Å²) in [6.45, 7) is 0. The van der Waals surface area contributed by atoms with Crippen LogP contribution in [0.2, 0.25) is 0 Å². The van der Waals surface area contributed by atoms with Crippen LogP contribution in [0.1, 0.15) is 11.5 Å². The fraction of sp³-hybridized carbons (Fsp3) is 0.0588. The average molecular weight is 373 g/mol. The third-order valence-corrected chi connectivity index (χ3v) is 3.69. The van der Waals surface area contributed by atoms with E-state index in [1.807, 2.05) is 18.2 Å². The molecule has 132 valence electrons. The van der Waals surface area contributed by atoms with Crippen LogP contribution in [-0.4, -0.2) is 22.2 Å².